The highest BCUT2D eigenvalue weighted by molar-refractivity contribution is 5.84. The van der Waals surface area contributed by atoms with Gasteiger partial charge in [0.25, 0.3) is 0 Å². The number of aryl methyl sites for hydroxylation is 1. The molecule has 2 aromatic carbocycles. The number of hydrogen-bond acceptors (Lipinski definition) is 2. The summed E-state index contributed by atoms with van der Waals surface area (Å²) in [6.45, 7) is 0. The van der Waals surface area contributed by atoms with Gasteiger partial charge in [0.2, 0.25) is 5.91 Å². The largest absolute Gasteiger partial charge is 0.479 e. The minimum atomic E-state index is -1.04. The summed E-state index contributed by atoms with van der Waals surface area (Å²) in [5, 5.41) is 12.1. The van der Waals surface area contributed by atoms with Crippen LogP contribution in [0.3, 0.4) is 0 Å². The molecule has 0 saturated heterocycles. The maximum atomic E-state index is 12.3. The molecular weight excluding hydrogens is 302 g/mol. The summed E-state index contributed by atoms with van der Waals surface area (Å²) in [6.07, 6.45) is 3.19. The molecular formula is C20H21NO3. The molecule has 0 aliphatic heterocycles. The molecule has 0 heterocycles. The van der Waals surface area contributed by atoms with Gasteiger partial charge >= 0.3 is 5.97 Å². The first kappa shape index (κ1) is 16.2. The van der Waals surface area contributed by atoms with Crippen LogP contribution in [-0.2, 0) is 22.4 Å². The van der Waals surface area contributed by atoms with Crippen molar-refractivity contribution in [2.45, 2.75) is 31.7 Å². The van der Waals surface area contributed by atoms with Gasteiger partial charge in [-0.1, -0.05) is 54.6 Å². The van der Waals surface area contributed by atoms with Crippen LogP contribution in [0.5, 0.6) is 0 Å². The molecule has 24 heavy (non-hydrogen) atoms. The number of nitrogens with one attached hydrogen (secondary N) is 1. The van der Waals surface area contributed by atoms with E-state index in [-0.39, 0.29) is 11.8 Å². The van der Waals surface area contributed by atoms with Gasteiger partial charge in [-0.05, 0) is 41.9 Å². The minimum Gasteiger partial charge on any atom is -0.479 e. The number of aliphatic carboxylic acids is 1. The van der Waals surface area contributed by atoms with Crippen molar-refractivity contribution in [3.8, 4) is 0 Å². The number of carboxylic acids is 1. The van der Waals surface area contributed by atoms with Crippen molar-refractivity contribution in [2.75, 3.05) is 0 Å². The number of carbonyl (C=O) groups is 2. The molecule has 2 N–H and O–H groups in total. The zero-order valence-corrected chi connectivity index (χ0v) is 13.4. The third-order valence-electron chi connectivity index (χ3n) is 4.61. The Balaban J connectivity index is 1.62. The number of fused-ring (bicyclic) bond motifs is 1. The number of carboxylic acid groups (broad SMARTS) is 1. The van der Waals surface area contributed by atoms with Crippen LogP contribution < -0.4 is 5.32 Å². The number of carbonyl (C=O) groups excluding carboxylic acids is 1. The minimum absolute atomic E-state index is 0.198. The predicted molar refractivity (Wildman–Crippen MR) is 91.5 cm³/mol. The van der Waals surface area contributed by atoms with Gasteiger partial charge in [-0.2, -0.15) is 0 Å². The molecule has 4 heteroatoms. The van der Waals surface area contributed by atoms with Crippen LogP contribution in [0.15, 0.2) is 54.6 Å². The summed E-state index contributed by atoms with van der Waals surface area (Å²) in [5.74, 6) is -0.968. The first-order valence-electron chi connectivity index (χ1n) is 8.27. The van der Waals surface area contributed by atoms with Gasteiger partial charge in [0.1, 0.15) is 0 Å². The van der Waals surface area contributed by atoms with E-state index in [0.29, 0.717) is 12.0 Å². The second kappa shape index (κ2) is 7.30. The molecule has 1 aliphatic rings. The molecule has 124 valence electrons. The third-order valence-corrected chi connectivity index (χ3v) is 4.61. The first-order chi connectivity index (χ1) is 11.6. The van der Waals surface area contributed by atoms with Crippen molar-refractivity contribution in [1.82, 2.24) is 5.32 Å². The topological polar surface area (TPSA) is 66.4 Å². The van der Waals surface area contributed by atoms with Crippen LogP contribution in [0.25, 0.3) is 0 Å². The smallest absolute Gasteiger partial charge is 0.330 e. The summed E-state index contributed by atoms with van der Waals surface area (Å²) >= 11 is 0. The van der Waals surface area contributed by atoms with Crippen LogP contribution in [0.1, 0.15) is 35.6 Å². The lowest BCUT2D eigenvalue weighted by Gasteiger charge is -2.24. The fourth-order valence-electron chi connectivity index (χ4n) is 3.36. The van der Waals surface area contributed by atoms with Crippen molar-refractivity contribution in [3.63, 3.8) is 0 Å². The maximum absolute atomic E-state index is 12.3. The molecule has 1 aliphatic carbocycles. The van der Waals surface area contributed by atoms with Crippen molar-refractivity contribution >= 4 is 11.9 Å². The second-order valence-electron chi connectivity index (χ2n) is 6.33. The summed E-state index contributed by atoms with van der Waals surface area (Å²) < 4.78 is 0. The number of amides is 1. The third kappa shape index (κ3) is 3.82. The van der Waals surface area contributed by atoms with Gasteiger partial charge in [0.15, 0.2) is 6.04 Å². The lowest BCUT2D eigenvalue weighted by Crippen LogP contribution is -2.35. The van der Waals surface area contributed by atoms with E-state index in [4.69, 9.17) is 0 Å². The zero-order valence-electron chi connectivity index (χ0n) is 13.4. The van der Waals surface area contributed by atoms with E-state index in [1.54, 1.807) is 24.3 Å². The van der Waals surface area contributed by atoms with Crippen molar-refractivity contribution in [3.05, 3.63) is 71.3 Å². The van der Waals surface area contributed by atoms with Gasteiger partial charge in [-0.15, -0.1) is 0 Å². The van der Waals surface area contributed by atoms with Crippen LogP contribution in [-0.4, -0.2) is 17.0 Å². The summed E-state index contributed by atoms with van der Waals surface area (Å²) in [7, 11) is 0. The zero-order chi connectivity index (χ0) is 16.9. The van der Waals surface area contributed by atoms with Crippen molar-refractivity contribution < 1.29 is 14.7 Å². The molecule has 3 rings (SSSR count). The highest BCUT2D eigenvalue weighted by Crippen LogP contribution is 2.27. The number of hydrogen-bond donors (Lipinski definition) is 2. The molecule has 1 amide bonds. The number of rotatable bonds is 5. The highest BCUT2D eigenvalue weighted by atomic mass is 16.4. The molecule has 2 atom stereocenters. The Hall–Kier alpha value is -2.62. The molecule has 0 saturated carbocycles. The van der Waals surface area contributed by atoms with Gasteiger partial charge in [0.05, 0.1) is 0 Å². The van der Waals surface area contributed by atoms with Gasteiger partial charge in [-0.25, -0.2) is 4.79 Å². The Kier molecular flexibility index (Phi) is 4.94. The Morgan fingerprint density at radius 3 is 2.42 bits per heavy atom. The molecule has 2 aromatic rings. The Morgan fingerprint density at radius 2 is 1.71 bits per heavy atom. The Morgan fingerprint density at radius 1 is 1.04 bits per heavy atom. The van der Waals surface area contributed by atoms with Gasteiger partial charge in [-0.3, -0.25) is 4.79 Å². The van der Waals surface area contributed by atoms with Crippen LogP contribution in [0, 0.1) is 5.92 Å². The standard InChI is InChI=1S/C20H21NO3/c22-18(21-19(20(23)24)16-7-2-1-3-8-16)13-14-10-11-15-6-4-5-9-17(15)12-14/h1-9,14,19H,10-13H2,(H,21,22)(H,23,24). The molecule has 0 fully saturated rings. The van der Waals surface area contributed by atoms with E-state index in [2.05, 4.69) is 17.4 Å². The monoisotopic (exact) mass is 323 g/mol. The Labute approximate surface area is 141 Å². The summed E-state index contributed by atoms with van der Waals surface area (Å²) in [5.41, 5.74) is 3.26. The first-order valence-corrected chi connectivity index (χ1v) is 8.27. The SMILES string of the molecule is O=C(CC1CCc2ccccc2C1)NC(C(=O)O)c1ccccc1. The lowest BCUT2D eigenvalue weighted by molar-refractivity contribution is -0.142. The fourth-order valence-corrected chi connectivity index (χ4v) is 3.36. The fraction of sp³-hybridized carbons (Fsp3) is 0.300. The molecule has 2 unspecified atom stereocenters. The average molecular weight is 323 g/mol. The van der Waals surface area contributed by atoms with Crippen molar-refractivity contribution in [2.24, 2.45) is 5.92 Å². The van der Waals surface area contributed by atoms with E-state index >= 15 is 0 Å². The molecule has 0 bridgehead atoms. The average Bonchev–Trinajstić information content (AvgIpc) is 2.60. The van der Waals surface area contributed by atoms with E-state index in [0.717, 1.165) is 19.3 Å². The van der Waals surface area contributed by atoms with Crippen molar-refractivity contribution in [1.29, 1.82) is 0 Å². The lowest BCUT2D eigenvalue weighted by atomic mass is 9.82. The van der Waals surface area contributed by atoms with E-state index in [1.165, 1.54) is 11.1 Å². The van der Waals surface area contributed by atoms with Crippen LogP contribution >= 0.6 is 0 Å². The van der Waals surface area contributed by atoms with E-state index in [1.807, 2.05) is 18.2 Å². The normalized spacial score (nSPS) is 17.6. The quantitative estimate of drug-likeness (QED) is 0.888. The van der Waals surface area contributed by atoms with E-state index < -0.39 is 12.0 Å². The van der Waals surface area contributed by atoms with Gasteiger partial charge < -0.3 is 10.4 Å². The Bertz CT molecular complexity index is 727. The molecule has 0 aromatic heterocycles. The molecule has 0 spiro atoms. The number of benzene rings is 2. The second-order valence-corrected chi connectivity index (χ2v) is 6.33. The van der Waals surface area contributed by atoms with Crippen LogP contribution in [0.2, 0.25) is 0 Å². The predicted octanol–water partition coefficient (Wildman–Crippen LogP) is 3.12. The molecule has 4 nitrogen and oxygen atoms in total. The highest BCUT2D eigenvalue weighted by Gasteiger charge is 2.25. The molecule has 0 radical (unpaired) electrons. The summed E-state index contributed by atoms with van der Waals surface area (Å²) in [6, 6.07) is 16.1. The maximum Gasteiger partial charge on any atom is 0.330 e. The van der Waals surface area contributed by atoms with Crippen LogP contribution in [0.4, 0.5) is 0 Å². The van der Waals surface area contributed by atoms with Gasteiger partial charge in [0, 0.05) is 6.42 Å². The summed E-state index contributed by atoms with van der Waals surface area (Å²) in [4.78, 5) is 23.8. The van der Waals surface area contributed by atoms with E-state index in [9.17, 15) is 14.7 Å².